The van der Waals surface area contributed by atoms with E-state index in [1.807, 2.05) is 19.1 Å². The molecule has 4 rings (SSSR count). The summed E-state index contributed by atoms with van der Waals surface area (Å²) in [6.07, 6.45) is 1.81. The van der Waals surface area contributed by atoms with Gasteiger partial charge in [-0.2, -0.15) is 4.31 Å². The molecule has 2 heterocycles. The number of ether oxygens (including phenoxy) is 1. The van der Waals surface area contributed by atoms with Crippen LogP contribution in [0.5, 0.6) is 0 Å². The Morgan fingerprint density at radius 1 is 1.00 bits per heavy atom. The average molecular weight is 482 g/mol. The molecule has 0 saturated carbocycles. The van der Waals surface area contributed by atoms with Crippen LogP contribution >= 0.6 is 0 Å². The third-order valence-corrected chi connectivity index (χ3v) is 7.64. The van der Waals surface area contributed by atoms with Gasteiger partial charge in [-0.25, -0.2) is 13.2 Å². The van der Waals surface area contributed by atoms with Gasteiger partial charge in [-0.15, -0.1) is 0 Å². The smallest absolute Gasteiger partial charge is 0.356 e. The minimum atomic E-state index is -3.69. The Morgan fingerprint density at radius 3 is 2.29 bits per heavy atom. The zero-order valence-electron chi connectivity index (χ0n) is 19.1. The third-order valence-electron chi connectivity index (χ3n) is 5.78. The first-order chi connectivity index (χ1) is 16.3. The van der Waals surface area contributed by atoms with Gasteiger partial charge in [-0.05, 0) is 38.0 Å². The van der Waals surface area contributed by atoms with Crippen molar-refractivity contribution in [1.82, 2.24) is 8.87 Å². The van der Waals surface area contributed by atoms with E-state index in [0.29, 0.717) is 24.3 Å². The fourth-order valence-corrected chi connectivity index (χ4v) is 5.46. The number of amides is 1. The number of esters is 1. The second-order valence-electron chi connectivity index (χ2n) is 8.33. The molecule has 1 aliphatic heterocycles. The van der Waals surface area contributed by atoms with Crippen LogP contribution in [0.3, 0.4) is 0 Å². The number of rotatable bonds is 7. The molecule has 9 heteroatoms. The summed E-state index contributed by atoms with van der Waals surface area (Å²) in [7, 11) is -2.12. The number of nitrogens with one attached hydrogen (secondary N) is 1. The van der Waals surface area contributed by atoms with E-state index in [2.05, 4.69) is 5.32 Å². The number of hydrogen-bond acceptors (Lipinski definition) is 5. The predicted octanol–water partition coefficient (Wildman–Crippen LogP) is 3.65. The number of aromatic nitrogens is 1. The molecule has 1 atom stereocenters. The summed E-state index contributed by atoms with van der Waals surface area (Å²) in [5, 5.41) is 2.78. The molecule has 1 unspecified atom stereocenters. The lowest BCUT2D eigenvalue weighted by molar-refractivity contribution is -0.125. The van der Waals surface area contributed by atoms with Crippen LogP contribution in [-0.4, -0.2) is 42.3 Å². The van der Waals surface area contributed by atoms with Crippen molar-refractivity contribution in [2.24, 2.45) is 7.05 Å². The van der Waals surface area contributed by atoms with Crippen LogP contribution in [0.25, 0.3) is 0 Å². The van der Waals surface area contributed by atoms with Crippen molar-refractivity contribution in [2.45, 2.75) is 30.8 Å². The summed E-state index contributed by atoms with van der Waals surface area (Å²) < 4.78 is 34.3. The van der Waals surface area contributed by atoms with E-state index >= 15 is 0 Å². The second kappa shape index (κ2) is 9.82. The minimum Gasteiger partial charge on any atom is -0.443 e. The molecule has 1 amide bonds. The van der Waals surface area contributed by atoms with Gasteiger partial charge >= 0.3 is 5.97 Å². The molecule has 34 heavy (non-hydrogen) atoms. The Bertz CT molecular complexity index is 1280. The van der Waals surface area contributed by atoms with Gasteiger partial charge in [0.2, 0.25) is 16.1 Å². The Labute approximate surface area is 199 Å². The van der Waals surface area contributed by atoms with Crippen LogP contribution in [0.15, 0.2) is 71.8 Å². The Hall–Kier alpha value is -3.43. The van der Waals surface area contributed by atoms with Crippen molar-refractivity contribution < 1.29 is 22.7 Å². The lowest BCUT2D eigenvalue weighted by Gasteiger charge is -2.18. The summed E-state index contributed by atoms with van der Waals surface area (Å²) in [5.74, 6) is -1.30. The number of nitrogens with zero attached hydrogens (tertiary/aromatic N) is 2. The van der Waals surface area contributed by atoms with Crippen molar-refractivity contribution in [3.05, 3.63) is 83.7 Å². The van der Waals surface area contributed by atoms with E-state index in [0.717, 1.165) is 18.4 Å². The molecule has 8 nitrogen and oxygen atoms in total. The van der Waals surface area contributed by atoms with Crippen molar-refractivity contribution in [2.75, 3.05) is 18.4 Å². The van der Waals surface area contributed by atoms with Crippen LogP contribution in [0.1, 0.15) is 40.6 Å². The molecule has 0 bridgehead atoms. The van der Waals surface area contributed by atoms with Crippen molar-refractivity contribution in [3.63, 3.8) is 0 Å². The average Bonchev–Trinajstić information content (AvgIpc) is 3.50. The molecule has 1 aliphatic rings. The van der Waals surface area contributed by atoms with Crippen molar-refractivity contribution in [3.8, 4) is 0 Å². The molecule has 1 saturated heterocycles. The Balaban J connectivity index is 1.58. The molecule has 0 radical (unpaired) electrons. The first kappa shape index (κ1) is 23.7. The first-order valence-corrected chi connectivity index (χ1v) is 12.5. The number of carbonyl (C=O) groups excluding carboxylic acids is 2. The maximum Gasteiger partial charge on any atom is 0.356 e. The van der Waals surface area contributed by atoms with E-state index in [1.165, 1.54) is 21.1 Å². The van der Waals surface area contributed by atoms with E-state index < -0.39 is 28.0 Å². The van der Waals surface area contributed by atoms with E-state index in [4.69, 9.17) is 4.74 Å². The number of anilines is 1. The second-order valence-corrected chi connectivity index (χ2v) is 10.3. The number of hydrogen-bond donors (Lipinski definition) is 1. The van der Waals surface area contributed by atoms with Crippen LogP contribution in [0, 0.1) is 6.92 Å². The maximum absolute atomic E-state index is 13.1. The number of aryl methyl sites for hydroxylation is 2. The largest absolute Gasteiger partial charge is 0.443 e. The molecule has 0 aliphatic carbocycles. The van der Waals surface area contributed by atoms with E-state index in [9.17, 15) is 18.0 Å². The van der Waals surface area contributed by atoms with Gasteiger partial charge in [0.05, 0.1) is 0 Å². The molecule has 2 aromatic carbocycles. The van der Waals surface area contributed by atoms with Gasteiger partial charge in [0.1, 0.15) is 10.6 Å². The van der Waals surface area contributed by atoms with Gasteiger partial charge in [0, 0.05) is 37.6 Å². The van der Waals surface area contributed by atoms with E-state index in [1.54, 1.807) is 49.5 Å². The van der Waals surface area contributed by atoms with Gasteiger partial charge in [0.25, 0.3) is 5.91 Å². The van der Waals surface area contributed by atoms with Crippen LogP contribution in [-0.2, 0) is 26.6 Å². The molecule has 1 fully saturated rings. The number of benzene rings is 2. The first-order valence-electron chi connectivity index (χ1n) is 11.1. The highest BCUT2D eigenvalue weighted by molar-refractivity contribution is 7.89. The zero-order chi connectivity index (χ0) is 24.3. The fourth-order valence-electron chi connectivity index (χ4n) is 3.87. The van der Waals surface area contributed by atoms with Gasteiger partial charge in [0.15, 0.2) is 0 Å². The Morgan fingerprint density at radius 2 is 1.65 bits per heavy atom. The molecule has 1 N–H and O–H groups in total. The molecule has 178 valence electrons. The van der Waals surface area contributed by atoms with Gasteiger partial charge in [-0.3, -0.25) is 4.79 Å². The quantitative estimate of drug-likeness (QED) is 0.520. The topological polar surface area (TPSA) is 97.7 Å². The highest BCUT2D eigenvalue weighted by Gasteiger charge is 2.31. The number of sulfonamides is 1. The Kier molecular flexibility index (Phi) is 6.85. The summed E-state index contributed by atoms with van der Waals surface area (Å²) >= 11 is 0. The van der Waals surface area contributed by atoms with Crippen LogP contribution < -0.4 is 5.32 Å². The normalized spacial score (nSPS) is 15.1. The molecule has 1 aromatic heterocycles. The van der Waals surface area contributed by atoms with Crippen LogP contribution in [0.4, 0.5) is 5.69 Å². The molecular weight excluding hydrogens is 454 g/mol. The monoisotopic (exact) mass is 481 g/mol. The van der Waals surface area contributed by atoms with Gasteiger partial charge < -0.3 is 14.6 Å². The molecular formula is C25H27N3O5S. The van der Waals surface area contributed by atoms with E-state index in [-0.39, 0.29) is 10.6 Å². The standard InChI is InChI=1S/C25H27N3O5S/c1-18-10-12-20(13-11-18)26-24(29)23(19-8-4-3-5-9-19)33-25(30)22-16-21(17-27(22)2)34(31,32)28-14-6-7-15-28/h3-5,8-13,16-17,23H,6-7,14-15H2,1-2H3,(H,26,29). The highest BCUT2D eigenvalue weighted by Crippen LogP contribution is 2.25. The molecule has 3 aromatic rings. The summed E-state index contributed by atoms with van der Waals surface area (Å²) in [5.41, 5.74) is 2.17. The summed E-state index contributed by atoms with van der Waals surface area (Å²) in [6, 6.07) is 17.3. The van der Waals surface area contributed by atoms with Gasteiger partial charge in [-0.1, -0.05) is 48.0 Å². The van der Waals surface area contributed by atoms with Crippen molar-refractivity contribution >= 4 is 27.6 Å². The SMILES string of the molecule is Cc1ccc(NC(=O)C(OC(=O)c2cc(S(=O)(=O)N3CCCC3)cn2C)c2ccccc2)cc1. The maximum atomic E-state index is 13.1. The third kappa shape index (κ3) is 5.05. The highest BCUT2D eigenvalue weighted by atomic mass is 32.2. The fraction of sp³-hybridized carbons (Fsp3) is 0.280. The summed E-state index contributed by atoms with van der Waals surface area (Å²) in [6.45, 7) is 2.87. The van der Waals surface area contributed by atoms with Crippen molar-refractivity contribution in [1.29, 1.82) is 0 Å². The molecule has 0 spiro atoms. The predicted molar refractivity (Wildman–Crippen MR) is 128 cm³/mol. The summed E-state index contributed by atoms with van der Waals surface area (Å²) in [4.78, 5) is 26.2. The minimum absolute atomic E-state index is 0.0317. The lowest BCUT2D eigenvalue weighted by atomic mass is 10.1. The lowest BCUT2D eigenvalue weighted by Crippen LogP contribution is -2.27. The zero-order valence-corrected chi connectivity index (χ0v) is 19.9. The number of carbonyl (C=O) groups is 2. The van der Waals surface area contributed by atoms with Crippen LogP contribution in [0.2, 0.25) is 0 Å².